The van der Waals surface area contributed by atoms with Crippen LogP contribution >= 0.6 is 0 Å². The van der Waals surface area contributed by atoms with Gasteiger partial charge in [-0.3, -0.25) is 0 Å². The Balaban J connectivity index is 2.21. The molecular formula is C12H18N2O. The van der Waals surface area contributed by atoms with Crippen LogP contribution in [0.2, 0.25) is 0 Å². The first-order chi connectivity index (χ1) is 7.12. The van der Waals surface area contributed by atoms with Gasteiger partial charge in [0.2, 0.25) is 0 Å². The lowest BCUT2D eigenvalue weighted by molar-refractivity contribution is -0.0121. The van der Waals surface area contributed by atoms with Crippen molar-refractivity contribution in [1.82, 2.24) is 0 Å². The molecule has 0 aliphatic heterocycles. The van der Waals surface area contributed by atoms with Gasteiger partial charge in [0.25, 0.3) is 0 Å². The third-order valence-electron chi connectivity index (χ3n) is 3.33. The summed E-state index contributed by atoms with van der Waals surface area (Å²) in [4.78, 5) is 0. The fraction of sp³-hybridized carbons (Fsp3) is 0.500. The van der Waals surface area contributed by atoms with Gasteiger partial charge in [-0.25, -0.2) is 0 Å². The fourth-order valence-corrected chi connectivity index (χ4v) is 2.27. The van der Waals surface area contributed by atoms with E-state index in [0.717, 1.165) is 12.0 Å². The summed E-state index contributed by atoms with van der Waals surface area (Å²) in [5.41, 5.74) is 11.9. The minimum Gasteiger partial charge on any atom is -0.385 e. The summed E-state index contributed by atoms with van der Waals surface area (Å²) >= 11 is 0. The van der Waals surface area contributed by atoms with Gasteiger partial charge in [-0.15, -0.1) is 0 Å². The smallest absolute Gasteiger partial charge is 0.0912 e. The molecule has 0 bridgehead atoms. The SMILES string of the molecule is N[C@@H]1CC(O)(c2ccccc2)CC[C@@H]1N. The molecule has 82 valence electrons. The van der Waals surface area contributed by atoms with Gasteiger partial charge in [-0.1, -0.05) is 30.3 Å². The van der Waals surface area contributed by atoms with Gasteiger partial charge >= 0.3 is 0 Å². The average Bonchev–Trinajstić information content (AvgIpc) is 2.26. The maximum absolute atomic E-state index is 10.5. The Morgan fingerprint density at radius 1 is 1.13 bits per heavy atom. The number of benzene rings is 1. The molecule has 3 nitrogen and oxygen atoms in total. The summed E-state index contributed by atoms with van der Waals surface area (Å²) in [6.45, 7) is 0. The van der Waals surface area contributed by atoms with Crippen molar-refractivity contribution in [2.24, 2.45) is 11.5 Å². The van der Waals surface area contributed by atoms with Crippen molar-refractivity contribution >= 4 is 0 Å². The topological polar surface area (TPSA) is 72.3 Å². The lowest BCUT2D eigenvalue weighted by atomic mass is 9.76. The Morgan fingerprint density at radius 3 is 2.40 bits per heavy atom. The molecule has 1 saturated carbocycles. The minimum absolute atomic E-state index is 0.0222. The van der Waals surface area contributed by atoms with E-state index in [1.54, 1.807) is 0 Å². The summed E-state index contributed by atoms with van der Waals surface area (Å²) in [5, 5.41) is 10.5. The second-order valence-electron chi connectivity index (χ2n) is 4.47. The first kappa shape index (κ1) is 10.6. The van der Waals surface area contributed by atoms with E-state index in [1.807, 2.05) is 30.3 Å². The van der Waals surface area contributed by atoms with Crippen molar-refractivity contribution in [3.8, 4) is 0 Å². The van der Waals surface area contributed by atoms with Crippen molar-refractivity contribution in [2.45, 2.75) is 36.9 Å². The lowest BCUT2D eigenvalue weighted by Crippen LogP contribution is -2.51. The van der Waals surface area contributed by atoms with Crippen LogP contribution in [0, 0.1) is 0 Å². The zero-order valence-electron chi connectivity index (χ0n) is 8.76. The zero-order chi connectivity index (χ0) is 10.9. The molecule has 0 amide bonds. The molecule has 0 heterocycles. The van der Waals surface area contributed by atoms with Gasteiger partial charge < -0.3 is 16.6 Å². The molecule has 1 aliphatic rings. The maximum atomic E-state index is 10.5. The molecule has 3 atom stereocenters. The highest BCUT2D eigenvalue weighted by Gasteiger charge is 2.37. The molecule has 0 spiro atoms. The number of hydrogen-bond donors (Lipinski definition) is 3. The second kappa shape index (κ2) is 3.93. The molecule has 0 aromatic heterocycles. The quantitative estimate of drug-likeness (QED) is 0.633. The van der Waals surface area contributed by atoms with Crippen LogP contribution in [0.5, 0.6) is 0 Å². The molecule has 2 rings (SSSR count). The van der Waals surface area contributed by atoms with Crippen LogP contribution in [0.15, 0.2) is 30.3 Å². The zero-order valence-corrected chi connectivity index (χ0v) is 8.76. The van der Waals surface area contributed by atoms with E-state index in [4.69, 9.17) is 11.5 Å². The Hall–Kier alpha value is -0.900. The first-order valence-electron chi connectivity index (χ1n) is 5.41. The van der Waals surface area contributed by atoms with E-state index in [-0.39, 0.29) is 12.1 Å². The van der Waals surface area contributed by atoms with Crippen LogP contribution in [-0.4, -0.2) is 17.2 Å². The van der Waals surface area contributed by atoms with Crippen LogP contribution < -0.4 is 11.5 Å². The number of aliphatic hydroxyl groups is 1. The summed E-state index contributed by atoms with van der Waals surface area (Å²) in [6.07, 6.45) is 2.04. The third kappa shape index (κ3) is 2.04. The third-order valence-corrected chi connectivity index (χ3v) is 3.33. The Labute approximate surface area is 90.1 Å². The number of hydrogen-bond acceptors (Lipinski definition) is 3. The number of rotatable bonds is 1. The van der Waals surface area contributed by atoms with Crippen molar-refractivity contribution in [3.63, 3.8) is 0 Å². The monoisotopic (exact) mass is 206 g/mol. The van der Waals surface area contributed by atoms with E-state index in [0.29, 0.717) is 12.8 Å². The Bertz CT molecular complexity index is 328. The highest BCUT2D eigenvalue weighted by molar-refractivity contribution is 5.23. The molecule has 5 N–H and O–H groups in total. The summed E-state index contributed by atoms with van der Waals surface area (Å²) in [6, 6.07) is 9.63. The summed E-state index contributed by atoms with van der Waals surface area (Å²) < 4.78 is 0. The van der Waals surface area contributed by atoms with Crippen molar-refractivity contribution in [3.05, 3.63) is 35.9 Å². The standard InChI is InChI=1S/C12H18N2O/c13-10-6-7-12(15,8-11(10)14)9-4-2-1-3-5-9/h1-5,10-11,15H,6-8,13-14H2/t10-,11+,12?/m0/s1. The molecule has 15 heavy (non-hydrogen) atoms. The van der Waals surface area contributed by atoms with Crippen molar-refractivity contribution in [2.75, 3.05) is 0 Å². The minimum atomic E-state index is -0.781. The molecule has 0 radical (unpaired) electrons. The van der Waals surface area contributed by atoms with Crippen molar-refractivity contribution in [1.29, 1.82) is 0 Å². The predicted octanol–water partition coefficient (Wildman–Crippen LogP) is 0.713. The van der Waals surface area contributed by atoms with E-state index in [9.17, 15) is 5.11 Å². The molecule has 1 unspecified atom stereocenters. The average molecular weight is 206 g/mol. The van der Waals surface area contributed by atoms with Crippen LogP contribution in [0.25, 0.3) is 0 Å². The van der Waals surface area contributed by atoms with Gasteiger partial charge in [0, 0.05) is 12.1 Å². The maximum Gasteiger partial charge on any atom is 0.0912 e. The fourth-order valence-electron chi connectivity index (χ4n) is 2.27. The highest BCUT2D eigenvalue weighted by atomic mass is 16.3. The Morgan fingerprint density at radius 2 is 1.80 bits per heavy atom. The van der Waals surface area contributed by atoms with Gasteiger partial charge in [0.05, 0.1) is 5.60 Å². The van der Waals surface area contributed by atoms with Gasteiger partial charge in [-0.2, -0.15) is 0 Å². The normalized spacial score (nSPS) is 36.5. The van der Waals surface area contributed by atoms with Crippen molar-refractivity contribution < 1.29 is 5.11 Å². The highest BCUT2D eigenvalue weighted by Crippen LogP contribution is 2.35. The molecule has 0 saturated heterocycles. The van der Waals surface area contributed by atoms with E-state index >= 15 is 0 Å². The summed E-state index contributed by atoms with van der Waals surface area (Å²) in [7, 11) is 0. The first-order valence-corrected chi connectivity index (χ1v) is 5.41. The van der Waals surface area contributed by atoms with Gasteiger partial charge in [0.15, 0.2) is 0 Å². The predicted molar refractivity (Wildman–Crippen MR) is 60.1 cm³/mol. The van der Waals surface area contributed by atoms with E-state index in [2.05, 4.69) is 0 Å². The molecule has 3 heteroatoms. The Kier molecular flexibility index (Phi) is 2.78. The molecule has 1 aromatic rings. The number of nitrogens with two attached hydrogens (primary N) is 2. The largest absolute Gasteiger partial charge is 0.385 e. The van der Waals surface area contributed by atoms with E-state index in [1.165, 1.54) is 0 Å². The van der Waals surface area contributed by atoms with Crippen LogP contribution in [-0.2, 0) is 5.60 Å². The molecule has 1 aromatic carbocycles. The van der Waals surface area contributed by atoms with Gasteiger partial charge in [0.1, 0.15) is 0 Å². The van der Waals surface area contributed by atoms with Crippen LogP contribution in [0.4, 0.5) is 0 Å². The molecule has 1 aliphatic carbocycles. The van der Waals surface area contributed by atoms with Crippen LogP contribution in [0.3, 0.4) is 0 Å². The summed E-state index contributed by atoms with van der Waals surface area (Å²) in [5.74, 6) is 0. The van der Waals surface area contributed by atoms with Gasteiger partial charge in [-0.05, 0) is 24.8 Å². The lowest BCUT2D eigenvalue weighted by Gasteiger charge is -2.39. The molecule has 1 fully saturated rings. The second-order valence-corrected chi connectivity index (χ2v) is 4.47. The molecular weight excluding hydrogens is 188 g/mol. The van der Waals surface area contributed by atoms with Crippen LogP contribution in [0.1, 0.15) is 24.8 Å². The van der Waals surface area contributed by atoms with E-state index < -0.39 is 5.60 Å².